The third kappa shape index (κ3) is 2.76. The maximum atomic E-state index is 6.21. The molecule has 1 N–H and O–H groups in total. The predicted octanol–water partition coefficient (Wildman–Crippen LogP) is 4.57. The summed E-state index contributed by atoms with van der Waals surface area (Å²) in [6, 6.07) is 7.74. The molecule has 1 aliphatic heterocycles. The zero-order valence-corrected chi connectivity index (χ0v) is 13.1. The van der Waals surface area contributed by atoms with Crippen molar-refractivity contribution in [2.75, 3.05) is 11.1 Å². The van der Waals surface area contributed by atoms with E-state index in [4.69, 9.17) is 16.6 Å². The first-order valence-corrected chi connectivity index (χ1v) is 7.94. The van der Waals surface area contributed by atoms with Gasteiger partial charge in [-0.3, -0.25) is 9.98 Å². The molecule has 20 heavy (non-hydrogen) atoms. The number of fused-ring (bicyclic) bond motifs is 1. The summed E-state index contributed by atoms with van der Waals surface area (Å²) in [5, 5.41) is 6.03. The van der Waals surface area contributed by atoms with Gasteiger partial charge >= 0.3 is 0 Å². The number of hydrogen-bond acceptors (Lipinski definition) is 4. The average molecular weight is 306 g/mol. The highest BCUT2D eigenvalue weighted by Crippen LogP contribution is 2.31. The molecule has 1 aromatic heterocycles. The number of amidine groups is 1. The van der Waals surface area contributed by atoms with Crippen LogP contribution in [0.5, 0.6) is 0 Å². The second-order valence-corrected chi connectivity index (χ2v) is 6.94. The van der Waals surface area contributed by atoms with Crippen LogP contribution < -0.4 is 5.32 Å². The summed E-state index contributed by atoms with van der Waals surface area (Å²) >= 11 is 7.97. The maximum absolute atomic E-state index is 6.21. The predicted molar refractivity (Wildman–Crippen MR) is 89.0 cm³/mol. The number of pyridine rings is 1. The Labute approximate surface area is 127 Å². The third-order valence-electron chi connectivity index (χ3n) is 3.31. The SMILES string of the molecule is CC1(C)CCSC(Nc2ccc(Cl)c3cccnc23)=N1. The van der Waals surface area contributed by atoms with Crippen molar-refractivity contribution < 1.29 is 0 Å². The highest BCUT2D eigenvalue weighted by atomic mass is 35.5. The molecule has 0 saturated heterocycles. The topological polar surface area (TPSA) is 37.3 Å². The van der Waals surface area contributed by atoms with Gasteiger partial charge in [-0.25, -0.2) is 0 Å². The monoisotopic (exact) mass is 305 g/mol. The van der Waals surface area contributed by atoms with Crippen LogP contribution in [-0.4, -0.2) is 21.4 Å². The fourth-order valence-electron chi connectivity index (χ4n) is 2.18. The molecule has 1 aromatic carbocycles. The quantitative estimate of drug-likeness (QED) is 0.838. The fraction of sp³-hybridized carbons (Fsp3) is 0.333. The molecule has 2 aromatic rings. The maximum Gasteiger partial charge on any atom is 0.161 e. The molecule has 0 aliphatic carbocycles. The van der Waals surface area contributed by atoms with Crippen molar-refractivity contribution in [3.8, 4) is 0 Å². The first-order valence-electron chi connectivity index (χ1n) is 6.58. The van der Waals surface area contributed by atoms with Gasteiger partial charge in [-0.2, -0.15) is 0 Å². The summed E-state index contributed by atoms with van der Waals surface area (Å²) < 4.78 is 0. The Morgan fingerprint density at radius 3 is 2.95 bits per heavy atom. The molecule has 3 nitrogen and oxygen atoms in total. The standard InChI is InChI=1S/C15H16ClN3S/c1-15(2)7-9-20-14(19-15)18-12-6-5-11(16)10-4-3-8-17-13(10)12/h3-6,8H,7,9H2,1-2H3,(H,18,19). The van der Waals surface area contributed by atoms with Gasteiger partial charge in [0.1, 0.15) is 0 Å². The Balaban J connectivity index is 2.00. The summed E-state index contributed by atoms with van der Waals surface area (Å²) in [6.45, 7) is 4.32. The number of nitrogens with zero attached hydrogens (tertiary/aromatic N) is 2. The van der Waals surface area contributed by atoms with Crippen molar-refractivity contribution in [3.05, 3.63) is 35.5 Å². The number of thioether (sulfide) groups is 1. The highest BCUT2D eigenvalue weighted by molar-refractivity contribution is 8.14. The molecule has 0 fully saturated rings. The van der Waals surface area contributed by atoms with Crippen LogP contribution in [0.4, 0.5) is 5.69 Å². The minimum Gasteiger partial charge on any atom is -0.333 e. The lowest BCUT2D eigenvalue weighted by molar-refractivity contribution is 0.507. The van der Waals surface area contributed by atoms with Crippen molar-refractivity contribution in [2.45, 2.75) is 25.8 Å². The molecule has 5 heteroatoms. The lowest BCUT2D eigenvalue weighted by Crippen LogP contribution is -2.27. The van der Waals surface area contributed by atoms with Gasteiger partial charge in [-0.15, -0.1) is 0 Å². The van der Waals surface area contributed by atoms with Crippen LogP contribution in [0, 0.1) is 0 Å². The second kappa shape index (κ2) is 5.26. The second-order valence-electron chi connectivity index (χ2n) is 5.45. The Kier molecular flexibility index (Phi) is 3.61. The molecular formula is C15H16ClN3S. The average Bonchev–Trinajstić information content (AvgIpc) is 2.41. The number of aromatic nitrogens is 1. The van der Waals surface area contributed by atoms with Crippen molar-refractivity contribution in [1.29, 1.82) is 0 Å². The zero-order chi connectivity index (χ0) is 14.2. The minimum atomic E-state index is 0.00322. The number of nitrogens with one attached hydrogen (secondary N) is 1. The van der Waals surface area contributed by atoms with E-state index in [1.165, 1.54) is 0 Å². The van der Waals surface area contributed by atoms with Crippen LogP contribution in [0.15, 0.2) is 35.5 Å². The van der Waals surface area contributed by atoms with E-state index < -0.39 is 0 Å². The van der Waals surface area contributed by atoms with Gasteiger partial charge in [0.25, 0.3) is 0 Å². The van der Waals surface area contributed by atoms with E-state index in [0.717, 1.165) is 39.0 Å². The highest BCUT2D eigenvalue weighted by Gasteiger charge is 2.22. The van der Waals surface area contributed by atoms with Crippen LogP contribution in [0.1, 0.15) is 20.3 Å². The summed E-state index contributed by atoms with van der Waals surface area (Å²) in [5.74, 6) is 1.08. The normalized spacial score (nSPS) is 17.9. The molecule has 0 atom stereocenters. The van der Waals surface area contributed by atoms with Crippen molar-refractivity contribution in [1.82, 2.24) is 4.98 Å². The molecule has 3 rings (SSSR count). The number of rotatable bonds is 1. The molecule has 0 bridgehead atoms. The van der Waals surface area contributed by atoms with Crippen LogP contribution >= 0.6 is 23.4 Å². The first-order chi connectivity index (χ1) is 9.55. The summed E-state index contributed by atoms with van der Waals surface area (Å²) in [4.78, 5) is 9.18. The molecule has 0 radical (unpaired) electrons. The number of aliphatic imine (C=N–C) groups is 1. The molecular weight excluding hydrogens is 290 g/mol. The smallest absolute Gasteiger partial charge is 0.161 e. The number of hydrogen-bond donors (Lipinski definition) is 1. The molecule has 0 amide bonds. The molecule has 2 heterocycles. The van der Waals surface area contributed by atoms with E-state index in [0.29, 0.717) is 0 Å². The molecule has 0 unspecified atom stereocenters. The van der Waals surface area contributed by atoms with Crippen LogP contribution in [0.3, 0.4) is 0 Å². The Bertz CT molecular complexity index is 682. The third-order valence-corrected chi connectivity index (χ3v) is 4.52. The van der Waals surface area contributed by atoms with Crippen molar-refractivity contribution >= 4 is 45.1 Å². The number of benzene rings is 1. The van der Waals surface area contributed by atoms with E-state index in [2.05, 4.69) is 24.1 Å². The van der Waals surface area contributed by atoms with Gasteiger partial charge in [0.05, 0.1) is 21.8 Å². The van der Waals surface area contributed by atoms with Crippen molar-refractivity contribution in [3.63, 3.8) is 0 Å². The largest absolute Gasteiger partial charge is 0.333 e. The van der Waals surface area contributed by atoms with Crippen LogP contribution in [0.2, 0.25) is 5.02 Å². The van der Waals surface area contributed by atoms with Gasteiger partial charge < -0.3 is 5.32 Å². The number of halogens is 1. The lowest BCUT2D eigenvalue weighted by Gasteiger charge is -2.26. The van der Waals surface area contributed by atoms with E-state index in [1.807, 2.05) is 24.3 Å². The van der Waals surface area contributed by atoms with Crippen LogP contribution in [0.25, 0.3) is 10.9 Å². The molecule has 104 valence electrons. The Hall–Kier alpha value is -1.26. The molecule has 1 aliphatic rings. The lowest BCUT2D eigenvalue weighted by atomic mass is 10.0. The summed E-state index contributed by atoms with van der Waals surface area (Å²) in [6.07, 6.45) is 2.88. The Morgan fingerprint density at radius 1 is 1.30 bits per heavy atom. The summed E-state index contributed by atoms with van der Waals surface area (Å²) in [5.41, 5.74) is 1.84. The van der Waals surface area contributed by atoms with Crippen molar-refractivity contribution in [2.24, 2.45) is 4.99 Å². The molecule has 0 spiro atoms. The van der Waals surface area contributed by atoms with E-state index in [1.54, 1.807) is 18.0 Å². The summed E-state index contributed by atoms with van der Waals surface area (Å²) in [7, 11) is 0. The van der Waals surface area contributed by atoms with Gasteiger partial charge in [0.15, 0.2) is 5.17 Å². The van der Waals surface area contributed by atoms with Gasteiger partial charge in [0, 0.05) is 17.3 Å². The van der Waals surface area contributed by atoms with Crippen LogP contribution in [-0.2, 0) is 0 Å². The first kappa shape index (κ1) is 13.7. The van der Waals surface area contributed by atoms with Gasteiger partial charge in [0.2, 0.25) is 0 Å². The number of anilines is 1. The minimum absolute atomic E-state index is 0.00322. The van der Waals surface area contributed by atoms with Gasteiger partial charge in [-0.1, -0.05) is 23.4 Å². The van der Waals surface area contributed by atoms with E-state index in [9.17, 15) is 0 Å². The Morgan fingerprint density at radius 2 is 2.15 bits per heavy atom. The van der Waals surface area contributed by atoms with Gasteiger partial charge in [-0.05, 0) is 44.5 Å². The zero-order valence-electron chi connectivity index (χ0n) is 11.5. The molecule has 0 saturated carbocycles. The van der Waals surface area contributed by atoms with E-state index in [-0.39, 0.29) is 5.54 Å². The van der Waals surface area contributed by atoms with E-state index >= 15 is 0 Å². The fourth-order valence-corrected chi connectivity index (χ4v) is 3.68.